The van der Waals surface area contributed by atoms with E-state index in [2.05, 4.69) is 55.2 Å². The summed E-state index contributed by atoms with van der Waals surface area (Å²) in [5, 5.41) is 3.12. The fourth-order valence-electron chi connectivity index (χ4n) is 2.00. The summed E-state index contributed by atoms with van der Waals surface area (Å²) in [6, 6.07) is 4.26. The predicted molar refractivity (Wildman–Crippen MR) is 72.8 cm³/mol. The highest BCUT2D eigenvalue weighted by Gasteiger charge is 2.13. The Kier molecular flexibility index (Phi) is 5.09. The Morgan fingerprint density at radius 3 is 2.47 bits per heavy atom. The summed E-state index contributed by atoms with van der Waals surface area (Å²) in [6.07, 6.45) is 1.96. The molecule has 0 aliphatic carbocycles. The molecule has 0 unspecified atom stereocenters. The van der Waals surface area contributed by atoms with E-state index in [1.807, 2.05) is 13.2 Å². The van der Waals surface area contributed by atoms with E-state index in [0.29, 0.717) is 5.41 Å². The van der Waals surface area contributed by atoms with Crippen molar-refractivity contribution in [2.24, 2.45) is 5.41 Å². The molecule has 0 aromatic carbocycles. The highest BCUT2D eigenvalue weighted by atomic mass is 15.1. The molecule has 0 saturated carbocycles. The summed E-state index contributed by atoms with van der Waals surface area (Å²) in [5.74, 6) is 0. The summed E-state index contributed by atoms with van der Waals surface area (Å²) in [5.41, 5.74) is 2.70. The van der Waals surface area contributed by atoms with Crippen LogP contribution in [-0.4, -0.2) is 30.5 Å². The molecule has 0 spiro atoms. The quantitative estimate of drug-likeness (QED) is 0.848. The normalized spacial score (nSPS) is 12.1. The monoisotopic (exact) mass is 235 g/mol. The smallest absolute Gasteiger partial charge is 0.0544 e. The van der Waals surface area contributed by atoms with Gasteiger partial charge in [-0.15, -0.1) is 0 Å². The number of hydrogen-bond donors (Lipinski definition) is 1. The van der Waals surface area contributed by atoms with Crippen LogP contribution in [0.25, 0.3) is 0 Å². The summed E-state index contributed by atoms with van der Waals surface area (Å²) < 4.78 is 0. The van der Waals surface area contributed by atoms with Gasteiger partial charge in [-0.25, -0.2) is 0 Å². The van der Waals surface area contributed by atoms with Gasteiger partial charge in [0.25, 0.3) is 0 Å². The van der Waals surface area contributed by atoms with E-state index in [9.17, 15) is 0 Å². The van der Waals surface area contributed by atoms with Crippen LogP contribution < -0.4 is 5.32 Å². The second-order valence-electron chi connectivity index (χ2n) is 5.92. The van der Waals surface area contributed by atoms with Crippen LogP contribution in [0, 0.1) is 5.41 Å². The standard InChI is InChI=1S/C14H25N3/c1-14(2,3)11-17(5)10-13-7-6-12(8-15-4)9-16-13/h6-7,9,15H,8,10-11H2,1-5H3. The first-order valence-corrected chi connectivity index (χ1v) is 6.18. The molecule has 3 nitrogen and oxygen atoms in total. The summed E-state index contributed by atoms with van der Waals surface area (Å²) >= 11 is 0. The molecule has 1 N–H and O–H groups in total. The highest BCUT2D eigenvalue weighted by Crippen LogP contribution is 2.15. The van der Waals surface area contributed by atoms with Crippen LogP contribution in [-0.2, 0) is 13.1 Å². The molecule has 96 valence electrons. The zero-order chi connectivity index (χ0) is 12.9. The molecule has 1 heterocycles. The van der Waals surface area contributed by atoms with Gasteiger partial charge in [0.2, 0.25) is 0 Å². The highest BCUT2D eigenvalue weighted by molar-refractivity contribution is 5.13. The van der Waals surface area contributed by atoms with Crippen molar-refractivity contribution in [3.05, 3.63) is 29.6 Å². The van der Waals surface area contributed by atoms with Crippen LogP contribution in [0.5, 0.6) is 0 Å². The zero-order valence-electron chi connectivity index (χ0n) is 11.7. The van der Waals surface area contributed by atoms with Crippen molar-refractivity contribution in [2.45, 2.75) is 33.9 Å². The maximum Gasteiger partial charge on any atom is 0.0544 e. The molecule has 0 atom stereocenters. The number of rotatable bonds is 5. The van der Waals surface area contributed by atoms with Crippen molar-refractivity contribution in [1.82, 2.24) is 15.2 Å². The fourth-order valence-corrected chi connectivity index (χ4v) is 2.00. The van der Waals surface area contributed by atoms with E-state index in [4.69, 9.17) is 0 Å². The third-order valence-electron chi connectivity index (χ3n) is 2.44. The Morgan fingerprint density at radius 1 is 1.29 bits per heavy atom. The average Bonchev–Trinajstić information content (AvgIpc) is 2.18. The van der Waals surface area contributed by atoms with Crippen molar-refractivity contribution >= 4 is 0 Å². The van der Waals surface area contributed by atoms with Gasteiger partial charge >= 0.3 is 0 Å². The van der Waals surface area contributed by atoms with Crippen molar-refractivity contribution in [3.8, 4) is 0 Å². The second kappa shape index (κ2) is 6.12. The number of nitrogens with one attached hydrogen (secondary N) is 1. The molecule has 0 aliphatic rings. The van der Waals surface area contributed by atoms with Gasteiger partial charge in [-0.05, 0) is 31.1 Å². The molecule has 17 heavy (non-hydrogen) atoms. The van der Waals surface area contributed by atoms with E-state index in [-0.39, 0.29) is 0 Å². The Bertz CT molecular complexity index is 324. The van der Waals surface area contributed by atoms with Crippen molar-refractivity contribution in [2.75, 3.05) is 20.6 Å². The lowest BCUT2D eigenvalue weighted by molar-refractivity contribution is 0.219. The molecule has 0 aliphatic heterocycles. The van der Waals surface area contributed by atoms with Gasteiger partial charge in [0, 0.05) is 25.8 Å². The first-order chi connectivity index (χ1) is 7.90. The van der Waals surface area contributed by atoms with Gasteiger partial charge in [0.1, 0.15) is 0 Å². The molecule has 0 saturated heterocycles. The van der Waals surface area contributed by atoms with Crippen LogP contribution in [0.4, 0.5) is 0 Å². The molecule has 0 radical (unpaired) electrons. The first-order valence-electron chi connectivity index (χ1n) is 6.18. The molecule has 1 rings (SSSR count). The van der Waals surface area contributed by atoms with Crippen LogP contribution in [0.15, 0.2) is 18.3 Å². The third kappa shape index (κ3) is 5.80. The minimum atomic E-state index is 0.334. The first kappa shape index (κ1) is 14.1. The molecule has 0 amide bonds. The predicted octanol–water partition coefficient (Wildman–Crippen LogP) is 2.28. The number of nitrogens with zero attached hydrogens (tertiary/aromatic N) is 2. The van der Waals surface area contributed by atoms with Gasteiger partial charge in [-0.2, -0.15) is 0 Å². The molecule has 1 aromatic heterocycles. The number of aromatic nitrogens is 1. The molecular formula is C14H25N3. The lowest BCUT2D eigenvalue weighted by Gasteiger charge is -2.26. The molecule has 1 aromatic rings. The third-order valence-corrected chi connectivity index (χ3v) is 2.44. The Balaban J connectivity index is 2.51. The number of pyridine rings is 1. The Morgan fingerprint density at radius 2 is 2.00 bits per heavy atom. The molecule has 0 bridgehead atoms. The molecule has 3 heteroatoms. The summed E-state index contributed by atoms with van der Waals surface area (Å²) in [6.45, 7) is 9.64. The van der Waals surface area contributed by atoms with Gasteiger partial charge in [0.05, 0.1) is 5.69 Å². The fraction of sp³-hybridized carbons (Fsp3) is 0.643. The number of hydrogen-bond acceptors (Lipinski definition) is 3. The van der Waals surface area contributed by atoms with Crippen LogP contribution >= 0.6 is 0 Å². The SMILES string of the molecule is CNCc1ccc(CN(C)CC(C)(C)C)nc1. The topological polar surface area (TPSA) is 28.2 Å². The van der Waals surface area contributed by atoms with Crippen LogP contribution in [0.2, 0.25) is 0 Å². The van der Waals surface area contributed by atoms with Gasteiger partial charge in [0.15, 0.2) is 0 Å². The van der Waals surface area contributed by atoms with Gasteiger partial charge in [-0.1, -0.05) is 26.8 Å². The van der Waals surface area contributed by atoms with Gasteiger partial charge < -0.3 is 10.2 Å². The lowest BCUT2D eigenvalue weighted by Crippen LogP contribution is -2.29. The average molecular weight is 235 g/mol. The second-order valence-corrected chi connectivity index (χ2v) is 5.92. The van der Waals surface area contributed by atoms with E-state index in [1.165, 1.54) is 5.56 Å². The van der Waals surface area contributed by atoms with E-state index >= 15 is 0 Å². The van der Waals surface area contributed by atoms with E-state index in [1.54, 1.807) is 0 Å². The minimum absolute atomic E-state index is 0.334. The van der Waals surface area contributed by atoms with Crippen LogP contribution in [0.1, 0.15) is 32.0 Å². The Labute approximate surface area is 105 Å². The zero-order valence-corrected chi connectivity index (χ0v) is 11.7. The van der Waals surface area contributed by atoms with Crippen LogP contribution in [0.3, 0.4) is 0 Å². The summed E-state index contributed by atoms with van der Waals surface area (Å²) in [7, 11) is 4.10. The minimum Gasteiger partial charge on any atom is -0.316 e. The molecule has 0 fully saturated rings. The van der Waals surface area contributed by atoms with Gasteiger partial charge in [-0.3, -0.25) is 4.98 Å². The van der Waals surface area contributed by atoms with E-state index in [0.717, 1.165) is 25.3 Å². The van der Waals surface area contributed by atoms with E-state index < -0.39 is 0 Å². The molecular weight excluding hydrogens is 210 g/mol. The largest absolute Gasteiger partial charge is 0.316 e. The lowest BCUT2D eigenvalue weighted by atomic mass is 9.96. The van der Waals surface area contributed by atoms with Crippen molar-refractivity contribution < 1.29 is 0 Å². The maximum absolute atomic E-state index is 4.49. The van der Waals surface area contributed by atoms with Crippen molar-refractivity contribution in [1.29, 1.82) is 0 Å². The Hall–Kier alpha value is -0.930. The van der Waals surface area contributed by atoms with Crippen molar-refractivity contribution in [3.63, 3.8) is 0 Å². The summed E-state index contributed by atoms with van der Waals surface area (Å²) in [4.78, 5) is 6.81. The maximum atomic E-state index is 4.49.